The molecule has 0 aliphatic carbocycles. The van der Waals surface area contributed by atoms with E-state index >= 15 is 0 Å². The molecule has 0 saturated carbocycles. The maximum Gasteiger partial charge on any atom is 0.387 e. The summed E-state index contributed by atoms with van der Waals surface area (Å²) in [6.45, 7) is -3.05. The second-order valence-electron chi connectivity index (χ2n) is 4.56. The summed E-state index contributed by atoms with van der Waals surface area (Å²) >= 11 is 0. The standard InChI is InChI=1S/C12H12F3NO5S/c1-22(18,19)21-10-4-5-16(11(10)17)7-2-3-9(8(13)6-7)20-12(14)15/h2-3,6,10,12H,4-5H2,1H3. The van der Waals surface area contributed by atoms with Crippen molar-refractivity contribution in [1.29, 1.82) is 0 Å². The van der Waals surface area contributed by atoms with Crippen molar-refractivity contribution in [2.24, 2.45) is 0 Å². The molecule has 0 aromatic heterocycles. The molecule has 1 unspecified atom stereocenters. The molecule has 1 aliphatic rings. The average molecular weight is 339 g/mol. The molecule has 1 aromatic rings. The van der Waals surface area contributed by atoms with Gasteiger partial charge in [0.1, 0.15) is 0 Å². The number of nitrogens with zero attached hydrogens (tertiary/aromatic N) is 1. The minimum absolute atomic E-state index is 0.101. The van der Waals surface area contributed by atoms with Gasteiger partial charge in [0.2, 0.25) is 0 Å². The first-order chi connectivity index (χ1) is 10.2. The Kier molecular flexibility index (Phi) is 4.61. The molecule has 0 bridgehead atoms. The first-order valence-corrected chi connectivity index (χ1v) is 7.93. The average Bonchev–Trinajstić information content (AvgIpc) is 2.71. The van der Waals surface area contributed by atoms with E-state index in [0.717, 1.165) is 23.3 Å². The molecule has 1 atom stereocenters. The number of halogens is 3. The fraction of sp³-hybridized carbons (Fsp3) is 0.417. The van der Waals surface area contributed by atoms with Gasteiger partial charge in [-0.05, 0) is 12.1 Å². The zero-order valence-electron chi connectivity index (χ0n) is 11.3. The number of hydrogen-bond acceptors (Lipinski definition) is 5. The van der Waals surface area contributed by atoms with Crippen molar-refractivity contribution in [2.45, 2.75) is 19.1 Å². The lowest BCUT2D eigenvalue weighted by molar-refractivity contribution is -0.122. The van der Waals surface area contributed by atoms with Gasteiger partial charge >= 0.3 is 6.61 Å². The number of benzene rings is 1. The molecule has 1 saturated heterocycles. The van der Waals surface area contributed by atoms with Gasteiger partial charge in [0.05, 0.1) is 6.26 Å². The van der Waals surface area contributed by atoms with Crippen LogP contribution in [0.1, 0.15) is 6.42 Å². The van der Waals surface area contributed by atoms with Crippen LogP contribution in [-0.4, -0.2) is 39.8 Å². The fourth-order valence-electron chi connectivity index (χ4n) is 2.06. The number of rotatable bonds is 5. The summed E-state index contributed by atoms with van der Waals surface area (Å²) in [4.78, 5) is 13.1. The molecule has 1 heterocycles. The van der Waals surface area contributed by atoms with Crippen LogP contribution in [-0.2, 0) is 19.1 Å². The Balaban J connectivity index is 2.16. The van der Waals surface area contributed by atoms with E-state index in [1.807, 2.05) is 0 Å². The molecule has 1 aromatic carbocycles. The number of hydrogen-bond donors (Lipinski definition) is 0. The molecular formula is C12H12F3NO5S. The van der Waals surface area contributed by atoms with Gasteiger partial charge < -0.3 is 9.64 Å². The first-order valence-electron chi connectivity index (χ1n) is 6.11. The molecule has 6 nitrogen and oxygen atoms in total. The van der Waals surface area contributed by atoms with Crippen LogP contribution in [0.25, 0.3) is 0 Å². The number of carbonyl (C=O) groups is 1. The van der Waals surface area contributed by atoms with Gasteiger partial charge in [-0.2, -0.15) is 17.2 Å². The largest absolute Gasteiger partial charge is 0.432 e. The van der Waals surface area contributed by atoms with Gasteiger partial charge in [0, 0.05) is 24.7 Å². The summed E-state index contributed by atoms with van der Waals surface area (Å²) < 4.78 is 68.4. The van der Waals surface area contributed by atoms with Crippen molar-refractivity contribution in [3.8, 4) is 5.75 Å². The Morgan fingerprint density at radius 3 is 2.59 bits per heavy atom. The molecule has 0 N–H and O–H groups in total. The second-order valence-corrected chi connectivity index (χ2v) is 6.16. The van der Waals surface area contributed by atoms with Gasteiger partial charge in [-0.25, -0.2) is 4.39 Å². The Labute approximate surface area is 124 Å². The molecular weight excluding hydrogens is 327 g/mol. The SMILES string of the molecule is CS(=O)(=O)OC1CCN(c2ccc(OC(F)F)c(F)c2)C1=O. The molecule has 10 heteroatoms. The predicted molar refractivity (Wildman–Crippen MR) is 69.7 cm³/mol. The lowest BCUT2D eigenvalue weighted by Crippen LogP contribution is -2.31. The van der Waals surface area contributed by atoms with E-state index in [2.05, 4.69) is 8.92 Å². The minimum atomic E-state index is -3.80. The van der Waals surface area contributed by atoms with Crippen LogP contribution in [0, 0.1) is 5.82 Å². The number of carbonyl (C=O) groups excluding carboxylic acids is 1. The van der Waals surface area contributed by atoms with E-state index in [1.54, 1.807) is 0 Å². The van der Waals surface area contributed by atoms with Crippen molar-refractivity contribution in [3.63, 3.8) is 0 Å². The van der Waals surface area contributed by atoms with Gasteiger partial charge in [0.15, 0.2) is 17.7 Å². The van der Waals surface area contributed by atoms with E-state index in [-0.39, 0.29) is 18.7 Å². The summed E-state index contributed by atoms with van der Waals surface area (Å²) in [7, 11) is -3.80. The number of alkyl halides is 2. The van der Waals surface area contributed by atoms with Gasteiger partial charge in [-0.3, -0.25) is 8.98 Å². The lowest BCUT2D eigenvalue weighted by Gasteiger charge is -2.17. The minimum Gasteiger partial charge on any atom is -0.432 e. The highest BCUT2D eigenvalue weighted by Crippen LogP contribution is 2.28. The molecule has 22 heavy (non-hydrogen) atoms. The fourth-order valence-corrected chi connectivity index (χ4v) is 2.66. The highest BCUT2D eigenvalue weighted by Gasteiger charge is 2.36. The highest BCUT2D eigenvalue weighted by atomic mass is 32.2. The topological polar surface area (TPSA) is 72.9 Å². The maximum absolute atomic E-state index is 13.6. The van der Waals surface area contributed by atoms with Crippen molar-refractivity contribution in [1.82, 2.24) is 0 Å². The first kappa shape index (κ1) is 16.6. The number of anilines is 1. The second kappa shape index (κ2) is 6.13. The van der Waals surface area contributed by atoms with Crippen molar-refractivity contribution >= 4 is 21.7 Å². The molecule has 1 fully saturated rings. The monoisotopic (exact) mass is 339 g/mol. The predicted octanol–water partition coefficient (Wildman–Crippen LogP) is 1.51. The zero-order valence-corrected chi connectivity index (χ0v) is 12.1. The van der Waals surface area contributed by atoms with Crippen molar-refractivity contribution < 1.29 is 35.3 Å². The van der Waals surface area contributed by atoms with Crippen molar-refractivity contribution in [2.75, 3.05) is 17.7 Å². The molecule has 0 radical (unpaired) electrons. The summed E-state index contributed by atoms with van der Waals surface area (Å²) in [6, 6.07) is 3.05. The molecule has 1 amide bonds. The Morgan fingerprint density at radius 1 is 1.36 bits per heavy atom. The van der Waals surface area contributed by atoms with E-state index < -0.39 is 40.3 Å². The van der Waals surface area contributed by atoms with E-state index in [0.29, 0.717) is 0 Å². The summed E-state index contributed by atoms with van der Waals surface area (Å²) in [6.07, 6.45) is -0.239. The lowest BCUT2D eigenvalue weighted by atomic mass is 10.2. The maximum atomic E-state index is 13.6. The summed E-state index contributed by atoms with van der Waals surface area (Å²) in [5.41, 5.74) is 0.101. The Hall–Kier alpha value is -1.81. The molecule has 1 aliphatic heterocycles. The van der Waals surface area contributed by atoms with E-state index in [1.165, 1.54) is 6.07 Å². The van der Waals surface area contributed by atoms with E-state index in [9.17, 15) is 26.4 Å². The van der Waals surface area contributed by atoms with Gasteiger partial charge in [-0.1, -0.05) is 0 Å². The third kappa shape index (κ3) is 3.89. The van der Waals surface area contributed by atoms with Crippen LogP contribution < -0.4 is 9.64 Å². The Bertz CT molecular complexity index is 679. The Morgan fingerprint density at radius 2 is 2.05 bits per heavy atom. The smallest absolute Gasteiger partial charge is 0.387 e. The molecule has 122 valence electrons. The van der Waals surface area contributed by atoms with Crippen LogP contribution in [0.2, 0.25) is 0 Å². The molecule has 0 spiro atoms. The number of ether oxygens (including phenoxy) is 1. The van der Waals surface area contributed by atoms with Crippen LogP contribution in [0.3, 0.4) is 0 Å². The van der Waals surface area contributed by atoms with Crippen LogP contribution in [0.15, 0.2) is 18.2 Å². The zero-order chi connectivity index (χ0) is 16.5. The van der Waals surface area contributed by atoms with Gasteiger partial charge in [-0.15, -0.1) is 0 Å². The van der Waals surface area contributed by atoms with E-state index in [4.69, 9.17) is 0 Å². The third-order valence-electron chi connectivity index (χ3n) is 2.89. The quantitative estimate of drug-likeness (QED) is 0.761. The van der Waals surface area contributed by atoms with Crippen LogP contribution in [0.5, 0.6) is 5.75 Å². The molecule has 2 rings (SSSR count). The normalized spacial score (nSPS) is 19.0. The van der Waals surface area contributed by atoms with Gasteiger partial charge in [0.25, 0.3) is 16.0 Å². The van der Waals surface area contributed by atoms with Crippen LogP contribution in [0.4, 0.5) is 18.9 Å². The number of amides is 1. The van der Waals surface area contributed by atoms with Crippen LogP contribution >= 0.6 is 0 Å². The van der Waals surface area contributed by atoms with Crippen molar-refractivity contribution in [3.05, 3.63) is 24.0 Å². The highest BCUT2D eigenvalue weighted by molar-refractivity contribution is 7.86. The summed E-state index contributed by atoms with van der Waals surface area (Å²) in [5, 5.41) is 0. The third-order valence-corrected chi connectivity index (χ3v) is 3.47. The summed E-state index contributed by atoms with van der Waals surface area (Å²) in [5.74, 6) is -2.35.